The summed E-state index contributed by atoms with van der Waals surface area (Å²) in [6.07, 6.45) is 0. The number of carboxylic acids is 1. The minimum atomic E-state index is -0.939. The van der Waals surface area contributed by atoms with E-state index in [1.54, 1.807) is 13.0 Å². The second-order valence-electron chi connectivity index (χ2n) is 6.09. The quantitative estimate of drug-likeness (QED) is 0.882. The van der Waals surface area contributed by atoms with Gasteiger partial charge in [0.25, 0.3) is 0 Å². The van der Waals surface area contributed by atoms with Crippen molar-refractivity contribution in [1.82, 2.24) is 0 Å². The van der Waals surface area contributed by atoms with E-state index < -0.39 is 5.97 Å². The van der Waals surface area contributed by atoms with Crippen molar-refractivity contribution in [1.29, 1.82) is 0 Å². The van der Waals surface area contributed by atoms with Crippen molar-refractivity contribution in [2.45, 2.75) is 33.1 Å². The van der Waals surface area contributed by atoms with Gasteiger partial charge >= 0.3 is 5.97 Å². The fourth-order valence-corrected chi connectivity index (χ4v) is 2.25. The first kappa shape index (κ1) is 15.1. The van der Waals surface area contributed by atoms with Gasteiger partial charge in [-0.3, -0.25) is 0 Å². The van der Waals surface area contributed by atoms with Gasteiger partial charge in [-0.15, -0.1) is 0 Å². The molecule has 0 saturated heterocycles. The maximum Gasteiger partial charge on any atom is 0.336 e. The van der Waals surface area contributed by atoms with Crippen LogP contribution in [0.5, 0.6) is 11.5 Å². The molecule has 0 bridgehead atoms. The molecule has 0 aliphatic heterocycles. The van der Waals surface area contributed by atoms with Crippen molar-refractivity contribution in [2.24, 2.45) is 0 Å². The molecular weight excluding hydrogens is 264 g/mol. The van der Waals surface area contributed by atoms with Crippen molar-refractivity contribution in [3.63, 3.8) is 0 Å². The second-order valence-corrected chi connectivity index (χ2v) is 6.09. The minimum Gasteiger partial charge on any atom is -0.478 e. The van der Waals surface area contributed by atoms with Crippen LogP contribution < -0.4 is 4.74 Å². The topological polar surface area (TPSA) is 46.5 Å². The molecule has 0 fully saturated rings. The van der Waals surface area contributed by atoms with Crippen LogP contribution in [0.25, 0.3) is 0 Å². The van der Waals surface area contributed by atoms with E-state index in [1.807, 2.05) is 36.4 Å². The van der Waals surface area contributed by atoms with E-state index in [-0.39, 0.29) is 11.0 Å². The fourth-order valence-electron chi connectivity index (χ4n) is 2.25. The fraction of sp³-hybridized carbons (Fsp3) is 0.278. The lowest BCUT2D eigenvalue weighted by molar-refractivity contribution is 0.0695. The number of ether oxygens (including phenoxy) is 1. The van der Waals surface area contributed by atoms with Crippen LogP contribution in [0.4, 0.5) is 0 Å². The Hall–Kier alpha value is -2.29. The van der Waals surface area contributed by atoms with Crippen LogP contribution in [-0.2, 0) is 5.41 Å². The first-order valence-corrected chi connectivity index (χ1v) is 6.91. The second kappa shape index (κ2) is 5.60. The monoisotopic (exact) mass is 284 g/mol. The molecule has 0 aliphatic carbocycles. The number of rotatable bonds is 3. The van der Waals surface area contributed by atoms with Crippen LogP contribution in [0, 0.1) is 6.92 Å². The van der Waals surface area contributed by atoms with Crippen LogP contribution in [0.1, 0.15) is 42.3 Å². The molecule has 0 amide bonds. The summed E-state index contributed by atoms with van der Waals surface area (Å²) in [5.74, 6) is 0.396. The number of aromatic carboxylic acids is 1. The van der Waals surface area contributed by atoms with Gasteiger partial charge in [0.05, 0.1) is 5.56 Å². The molecule has 1 N–H and O–H groups in total. The van der Waals surface area contributed by atoms with Crippen molar-refractivity contribution in [3.05, 3.63) is 59.2 Å². The van der Waals surface area contributed by atoms with Crippen LogP contribution >= 0.6 is 0 Å². The third-order valence-electron chi connectivity index (χ3n) is 3.41. The summed E-state index contributed by atoms with van der Waals surface area (Å²) in [7, 11) is 0. The average molecular weight is 284 g/mol. The van der Waals surface area contributed by atoms with Crippen molar-refractivity contribution >= 4 is 5.97 Å². The Kier molecular flexibility index (Phi) is 4.03. The summed E-state index contributed by atoms with van der Waals surface area (Å²) < 4.78 is 5.99. The first-order chi connectivity index (χ1) is 9.80. The van der Waals surface area contributed by atoms with Gasteiger partial charge in [0.1, 0.15) is 11.5 Å². The average Bonchev–Trinajstić information content (AvgIpc) is 2.40. The minimum absolute atomic E-state index is 0.133. The highest BCUT2D eigenvalue weighted by molar-refractivity contribution is 5.90. The van der Waals surface area contributed by atoms with Gasteiger partial charge in [-0.1, -0.05) is 45.0 Å². The third kappa shape index (κ3) is 3.24. The number of benzene rings is 2. The maximum absolute atomic E-state index is 11.3. The summed E-state index contributed by atoms with van der Waals surface area (Å²) in [5.41, 5.74) is 1.79. The Morgan fingerprint density at radius 2 is 1.67 bits per heavy atom. The van der Waals surface area contributed by atoms with Gasteiger partial charge in [-0.25, -0.2) is 4.79 Å². The number of para-hydroxylation sites is 1. The highest BCUT2D eigenvalue weighted by Gasteiger charge is 2.24. The Bertz CT molecular complexity index is 652. The van der Waals surface area contributed by atoms with E-state index in [1.165, 1.54) is 0 Å². The molecule has 0 atom stereocenters. The van der Waals surface area contributed by atoms with Gasteiger partial charge < -0.3 is 9.84 Å². The van der Waals surface area contributed by atoms with E-state index in [2.05, 4.69) is 20.8 Å². The molecule has 2 rings (SSSR count). The van der Waals surface area contributed by atoms with E-state index in [9.17, 15) is 9.90 Å². The van der Waals surface area contributed by atoms with Gasteiger partial charge in [-0.2, -0.15) is 0 Å². The summed E-state index contributed by atoms with van der Waals surface area (Å²) in [4.78, 5) is 11.3. The van der Waals surface area contributed by atoms with Crippen LogP contribution in [0.2, 0.25) is 0 Å². The molecule has 0 heterocycles. The summed E-state index contributed by atoms with van der Waals surface area (Å²) in [6, 6.07) is 12.9. The Morgan fingerprint density at radius 3 is 2.19 bits per heavy atom. The van der Waals surface area contributed by atoms with Gasteiger partial charge in [0.2, 0.25) is 0 Å². The number of hydrogen-bond acceptors (Lipinski definition) is 2. The standard InChI is InChI=1S/C18H20O3/c1-12-14(17(19)20)10-11-15(18(2,3)4)16(12)21-13-8-6-5-7-9-13/h5-11H,1-4H3,(H,19,20). The highest BCUT2D eigenvalue weighted by Crippen LogP contribution is 2.38. The Labute approximate surface area is 125 Å². The van der Waals surface area contributed by atoms with Crippen LogP contribution in [-0.4, -0.2) is 11.1 Å². The SMILES string of the molecule is Cc1c(C(=O)O)ccc(C(C)(C)C)c1Oc1ccccc1. The molecule has 0 spiro atoms. The van der Waals surface area contributed by atoms with E-state index in [0.29, 0.717) is 17.1 Å². The zero-order valence-electron chi connectivity index (χ0n) is 12.8. The lowest BCUT2D eigenvalue weighted by Crippen LogP contribution is -2.15. The van der Waals surface area contributed by atoms with Crippen molar-refractivity contribution in [3.8, 4) is 11.5 Å². The van der Waals surface area contributed by atoms with Gasteiger partial charge in [-0.05, 0) is 30.5 Å². The molecule has 2 aromatic rings. The first-order valence-electron chi connectivity index (χ1n) is 6.91. The lowest BCUT2D eigenvalue weighted by atomic mass is 9.84. The molecule has 21 heavy (non-hydrogen) atoms. The number of carbonyl (C=O) groups is 1. The van der Waals surface area contributed by atoms with Crippen molar-refractivity contribution in [2.75, 3.05) is 0 Å². The molecule has 2 aromatic carbocycles. The lowest BCUT2D eigenvalue weighted by Gasteiger charge is -2.25. The largest absolute Gasteiger partial charge is 0.478 e. The molecule has 3 nitrogen and oxygen atoms in total. The van der Waals surface area contributed by atoms with Gasteiger partial charge in [0.15, 0.2) is 0 Å². The highest BCUT2D eigenvalue weighted by atomic mass is 16.5. The summed E-state index contributed by atoms with van der Waals surface area (Å²) >= 11 is 0. The van der Waals surface area contributed by atoms with Crippen LogP contribution in [0.15, 0.2) is 42.5 Å². The summed E-state index contributed by atoms with van der Waals surface area (Å²) in [6.45, 7) is 8.04. The third-order valence-corrected chi connectivity index (χ3v) is 3.41. The summed E-state index contributed by atoms with van der Waals surface area (Å²) in [5, 5.41) is 9.29. The normalized spacial score (nSPS) is 11.2. The molecule has 0 radical (unpaired) electrons. The Balaban J connectivity index is 2.59. The number of hydrogen-bond donors (Lipinski definition) is 1. The van der Waals surface area contributed by atoms with E-state index >= 15 is 0 Å². The van der Waals surface area contributed by atoms with Gasteiger partial charge in [0, 0.05) is 11.1 Å². The van der Waals surface area contributed by atoms with E-state index in [0.717, 1.165) is 5.56 Å². The molecule has 110 valence electrons. The molecule has 0 aliphatic rings. The van der Waals surface area contributed by atoms with Crippen molar-refractivity contribution < 1.29 is 14.6 Å². The Morgan fingerprint density at radius 1 is 1.05 bits per heavy atom. The zero-order valence-corrected chi connectivity index (χ0v) is 12.8. The maximum atomic E-state index is 11.3. The van der Waals surface area contributed by atoms with E-state index in [4.69, 9.17) is 4.74 Å². The predicted octanol–water partition coefficient (Wildman–Crippen LogP) is 4.78. The van der Waals surface area contributed by atoms with Crippen LogP contribution in [0.3, 0.4) is 0 Å². The molecule has 0 aromatic heterocycles. The number of carboxylic acid groups (broad SMARTS) is 1. The molecule has 0 unspecified atom stereocenters. The smallest absolute Gasteiger partial charge is 0.336 e. The molecular formula is C18H20O3. The predicted molar refractivity (Wildman–Crippen MR) is 83.4 cm³/mol. The zero-order chi connectivity index (χ0) is 15.6. The molecule has 0 saturated carbocycles. The molecule has 3 heteroatoms.